The molecule has 0 spiro atoms. The van der Waals surface area contributed by atoms with E-state index >= 15 is 0 Å². The molecule has 12 aromatic rings. The summed E-state index contributed by atoms with van der Waals surface area (Å²) in [6, 6.07) is 83.9. The van der Waals surface area contributed by atoms with Crippen molar-refractivity contribution in [2.75, 3.05) is 9.80 Å². The Kier molecular flexibility index (Phi) is 16.3. The van der Waals surface area contributed by atoms with Crippen LogP contribution in [-0.4, -0.2) is 0 Å². The van der Waals surface area contributed by atoms with Gasteiger partial charge in [-0.15, -0.1) is 0 Å². The number of hydrogen-bond donors (Lipinski definition) is 0. The highest BCUT2D eigenvalue weighted by molar-refractivity contribution is 6.14. The van der Waals surface area contributed by atoms with Gasteiger partial charge in [0, 0.05) is 44.7 Å². The molecule has 0 N–H and O–H groups in total. The van der Waals surface area contributed by atoms with E-state index in [0.717, 1.165) is 34.9 Å². The molecule has 0 aromatic heterocycles. The van der Waals surface area contributed by atoms with Crippen molar-refractivity contribution in [3.05, 3.63) is 319 Å². The Labute approximate surface area is 585 Å². The van der Waals surface area contributed by atoms with E-state index in [1.54, 1.807) is 0 Å². The highest BCUT2D eigenvalue weighted by atomic mass is 15.1. The summed E-state index contributed by atoms with van der Waals surface area (Å²) in [6.07, 6.45) is 10.0. The van der Waals surface area contributed by atoms with Gasteiger partial charge in [0.05, 0.1) is 5.69 Å². The molecule has 0 fully saturated rings. The van der Waals surface area contributed by atoms with Gasteiger partial charge in [0.25, 0.3) is 0 Å². The first-order valence-electron chi connectivity index (χ1n) is 35.5. The van der Waals surface area contributed by atoms with Crippen molar-refractivity contribution in [2.45, 2.75) is 158 Å². The van der Waals surface area contributed by atoms with Crippen molar-refractivity contribution in [3.63, 3.8) is 0 Å². The van der Waals surface area contributed by atoms with E-state index in [-0.39, 0.29) is 27.1 Å². The van der Waals surface area contributed by atoms with Gasteiger partial charge in [-0.1, -0.05) is 259 Å². The minimum Gasteiger partial charge on any atom is -0.310 e. The molecule has 14 rings (SSSR count). The molecule has 2 aliphatic rings. The van der Waals surface area contributed by atoms with Gasteiger partial charge in [-0.2, -0.15) is 0 Å². The zero-order valence-corrected chi connectivity index (χ0v) is 61.2. The predicted molar refractivity (Wildman–Crippen MR) is 426 cm³/mol. The van der Waals surface area contributed by atoms with Gasteiger partial charge >= 0.3 is 0 Å². The summed E-state index contributed by atoms with van der Waals surface area (Å²) in [7, 11) is 0. The molecule has 0 radical (unpaired) electrons. The second-order valence-corrected chi connectivity index (χ2v) is 32.5. The molecule has 0 unspecified atom stereocenters. The number of rotatable bonds is 13. The number of fused-ring (bicyclic) bond motifs is 9. The van der Waals surface area contributed by atoms with Gasteiger partial charge in [-0.25, -0.2) is 0 Å². The maximum Gasteiger partial charge on any atom is 0.0546 e. The zero-order valence-electron chi connectivity index (χ0n) is 61.2. The predicted octanol–water partition coefficient (Wildman–Crippen LogP) is 26.9. The molecule has 0 heterocycles. The molecular weight excluding hydrogens is 1180 g/mol. The lowest BCUT2D eigenvalue weighted by Crippen LogP contribution is -2.22. The maximum atomic E-state index is 2.55. The largest absolute Gasteiger partial charge is 0.310 e. The van der Waals surface area contributed by atoms with E-state index in [1.165, 1.54) is 150 Å². The Hall–Kier alpha value is -9.76. The van der Waals surface area contributed by atoms with E-state index < -0.39 is 0 Å². The summed E-state index contributed by atoms with van der Waals surface area (Å²) in [6.45, 7) is 41.8. The van der Waals surface area contributed by atoms with Gasteiger partial charge < -0.3 is 9.80 Å². The number of hydrogen-bond acceptors (Lipinski definition) is 2. The lowest BCUT2D eigenvalue weighted by Gasteiger charge is -2.32. The van der Waals surface area contributed by atoms with Crippen LogP contribution in [0.5, 0.6) is 0 Å². The standard InChI is InChI=1S/C96H96N2/c1-60-47-61(2)49-75(48-60)97(73-41-45-81-79-43-35-68(54-87(79)95(15,16)89(81)57-73)33-31-66-29-27-62(3)85(52-66)92(7,8)9)72-39-37-71(38-40-72)94(13,14)59-84-64(5)50-76(51-65(84)6)98(91-56-70-23-19-20-24-77(70)78-25-21-22-26-83(78)91)74-42-46-82-80-44-36-69(55-88(80)96(17,18)90(82)58-74)34-32-67-30-28-63(4)86(53-67)93(10,11)12/h19-58H,59H2,1-18H3. The fourth-order valence-corrected chi connectivity index (χ4v) is 16.6. The Morgan fingerprint density at radius 1 is 0.327 bits per heavy atom. The number of nitrogens with zero attached hydrogens (tertiary/aromatic N) is 2. The first-order chi connectivity index (χ1) is 46.5. The van der Waals surface area contributed by atoms with Gasteiger partial charge in [0.1, 0.15) is 0 Å². The Morgan fingerprint density at radius 2 is 0.724 bits per heavy atom. The minimum atomic E-state index is -0.238. The lowest BCUT2D eigenvalue weighted by atomic mass is 9.77. The molecule has 98 heavy (non-hydrogen) atoms. The summed E-state index contributed by atoms with van der Waals surface area (Å²) in [5.41, 5.74) is 35.3. The minimum absolute atomic E-state index is 0.0822. The average Bonchev–Trinajstić information content (AvgIpc) is 1.53. The van der Waals surface area contributed by atoms with Crippen LogP contribution in [0, 0.1) is 41.5 Å². The second-order valence-electron chi connectivity index (χ2n) is 32.5. The molecule has 2 aliphatic carbocycles. The van der Waals surface area contributed by atoms with E-state index in [2.05, 4.69) is 377 Å². The summed E-state index contributed by atoms with van der Waals surface area (Å²) in [4.78, 5) is 5.02. The molecule has 12 aromatic carbocycles. The second kappa shape index (κ2) is 24.3. The smallest absolute Gasteiger partial charge is 0.0546 e. The van der Waals surface area contributed by atoms with Crippen LogP contribution in [0.1, 0.15) is 183 Å². The molecule has 0 amide bonds. The van der Waals surface area contributed by atoms with Crippen LogP contribution in [-0.2, 0) is 33.5 Å². The van der Waals surface area contributed by atoms with Crippen LogP contribution in [0.15, 0.2) is 218 Å². The number of aryl methyl sites for hydroxylation is 6. The van der Waals surface area contributed by atoms with Crippen LogP contribution in [0.2, 0.25) is 0 Å². The van der Waals surface area contributed by atoms with Crippen LogP contribution in [0.4, 0.5) is 34.1 Å². The molecule has 0 aliphatic heterocycles. The number of benzene rings is 12. The number of anilines is 6. The molecule has 0 saturated heterocycles. The Morgan fingerprint density at radius 3 is 1.21 bits per heavy atom. The average molecular weight is 1280 g/mol. The van der Waals surface area contributed by atoms with Crippen molar-refractivity contribution in [3.8, 4) is 22.3 Å². The molecule has 0 atom stereocenters. The van der Waals surface area contributed by atoms with Gasteiger partial charge in [0.15, 0.2) is 0 Å². The van der Waals surface area contributed by atoms with Crippen molar-refractivity contribution >= 4 is 80.0 Å². The molecule has 0 bridgehead atoms. The lowest BCUT2D eigenvalue weighted by molar-refractivity contribution is 0.520. The zero-order chi connectivity index (χ0) is 69.1. The Balaban J connectivity index is 0.778. The third-order valence-electron chi connectivity index (χ3n) is 21.9. The Bertz CT molecular complexity index is 5190. The monoisotopic (exact) mass is 1280 g/mol. The topological polar surface area (TPSA) is 6.48 Å². The van der Waals surface area contributed by atoms with Gasteiger partial charge in [0.2, 0.25) is 0 Å². The molecular formula is C96H96N2. The first kappa shape index (κ1) is 65.5. The van der Waals surface area contributed by atoms with Crippen molar-refractivity contribution < 1.29 is 0 Å². The van der Waals surface area contributed by atoms with Crippen LogP contribution in [0.25, 0.3) is 68.1 Å². The molecule has 490 valence electrons. The van der Waals surface area contributed by atoms with Crippen molar-refractivity contribution in [1.29, 1.82) is 0 Å². The van der Waals surface area contributed by atoms with Crippen LogP contribution in [0.3, 0.4) is 0 Å². The summed E-state index contributed by atoms with van der Waals surface area (Å²) in [5.74, 6) is 0. The third-order valence-corrected chi connectivity index (χ3v) is 21.9. The maximum absolute atomic E-state index is 2.55. The van der Waals surface area contributed by atoms with Crippen LogP contribution >= 0.6 is 0 Å². The molecule has 2 nitrogen and oxygen atoms in total. The summed E-state index contributed by atoms with van der Waals surface area (Å²) >= 11 is 0. The fraction of sp³-hybridized carbons (Fsp3) is 0.250. The molecule has 0 saturated carbocycles. The first-order valence-corrected chi connectivity index (χ1v) is 35.5. The van der Waals surface area contributed by atoms with Crippen molar-refractivity contribution in [2.24, 2.45) is 0 Å². The van der Waals surface area contributed by atoms with Crippen molar-refractivity contribution in [1.82, 2.24) is 0 Å². The fourth-order valence-electron chi connectivity index (χ4n) is 16.6. The summed E-state index contributed by atoms with van der Waals surface area (Å²) in [5, 5.41) is 4.97. The van der Waals surface area contributed by atoms with E-state index in [4.69, 9.17) is 0 Å². The normalized spacial score (nSPS) is 13.9. The molecule has 2 heteroatoms. The SMILES string of the molecule is Cc1cc(C)cc(N(c2ccc(C(C)(C)Cc3c(C)cc(N(c4ccc5c(c4)C(C)(C)c4cc(C=Cc6ccc(C)c(C(C)(C)C)c6)ccc4-5)c4cc5ccccc5c5ccccc45)cc3C)cc2)c2ccc3c(c2)C(C)(C)c2cc(C=Cc4ccc(C)c(C(C)(C)C)c4)ccc2-3)c1. The van der Waals surface area contributed by atoms with Gasteiger partial charge in [-0.05, 0) is 269 Å². The van der Waals surface area contributed by atoms with Crippen LogP contribution < -0.4 is 9.80 Å². The van der Waals surface area contributed by atoms with E-state index in [0.29, 0.717) is 0 Å². The van der Waals surface area contributed by atoms with E-state index in [9.17, 15) is 0 Å². The highest BCUT2D eigenvalue weighted by Crippen LogP contribution is 2.54. The van der Waals surface area contributed by atoms with E-state index in [1.807, 2.05) is 0 Å². The third kappa shape index (κ3) is 11.9. The van der Waals surface area contributed by atoms with Gasteiger partial charge in [-0.3, -0.25) is 0 Å². The highest BCUT2D eigenvalue weighted by Gasteiger charge is 2.38. The quantitative estimate of drug-likeness (QED) is 0.0838. The summed E-state index contributed by atoms with van der Waals surface area (Å²) < 4.78 is 0.